The number of carbonyl (C=O) groups is 1. The molecule has 0 spiro atoms. The average molecular weight is 392 g/mol. The molecule has 0 saturated carbocycles. The highest BCUT2D eigenvalue weighted by Gasteiger charge is 2.19. The zero-order chi connectivity index (χ0) is 19.7. The molecule has 0 aliphatic carbocycles. The number of hydrogen-bond acceptors (Lipinski definition) is 3. The van der Waals surface area contributed by atoms with Gasteiger partial charge in [0.15, 0.2) is 0 Å². The maximum absolute atomic E-state index is 14.1. The Bertz CT molecular complexity index is 1040. The summed E-state index contributed by atoms with van der Waals surface area (Å²) in [5.41, 5.74) is 4.76. The summed E-state index contributed by atoms with van der Waals surface area (Å²) in [5, 5.41) is 0. The van der Waals surface area contributed by atoms with E-state index in [4.69, 9.17) is 4.74 Å². The molecule has 1 atom stereocenters. The lowest BCUT2D eigenvalue weighted by atomic mass is 9.90. The molecule has 4 heteroatoms. The number of hydrogen-bond donors (Lipinski definition) is 0. The van der Waals surface area contributed by atoms with Gasteiger partial charge in [-0.1, -0.05) is 49.0 Å². The third-order valence-corrected chi connectivity index (χ3v) is 6.33. The van der Waals surface area contributed by atoms with Gasteiger partial charge in [0, 0.05) is 15.7 Å². The first-order valence-corrected chi connectivity index (χ1v) is 10.2. The van der Waals surface area contributed by atoms with Gasteiger partial charge < -0.3 is 4.74 Å². The van der Waals surface area contributed by atoms with Crippen LogP contribution in [-0.4, -0.2) is 12.6 Å². The van der Waals surface area contributed by atoms with Crippen molar-refractivity contribution in [1.29, 1.82) is 0 Å². The topological polar surface area (TPSA) is 26.3 Å². The van der Waals surface area contributed by atoms with E-state index in [1.807, 2.05) is 6.92 Å². The molecule has 0 amide bonds. The van der Waals surface area contributed by atoms with E-state index in [9.17, 15) is 9.18 Å². The van der Waals surface area contributed by atoms with Gasteiger partial charge in [-0.3, -0.25) is 0 Å². The van der Waals surface area contributed by atoms with Crippen LogP contribution in [0.1, 0.15) is 52.4 Å². The van der Waals surface area contributed by atoms with Crippen LogP contribution in [0.5, 0.6) is 0 Å². The van der Waals surface area contributed by atoms with Gasteiger partial charge in [-0.15, -0.1) is 0 Å². The highest BCUT2D eigenvalue weighted by Crippen LogP contribution is 2.40. The van der Waals surface area contributed by atoms with Crippen molar-refractivity contribution in [2.24, 2.45) is 0 Å². The van der Waals surface area contributed by atoms with Crippen LogP contribution < -0.4 is 0 Å². The lowest BCUT2D eigenvalue weighted by molar-refractivity contribution is 0.0525. The summed E-state index contributed by atoms with van der Waals surface area (Å²) in [7, 11) is 0. The number of benzene rings is 3. The van der Waals surface area contributed by atoms with E-state index in [1.165, 1.54) is 33.1 Å². The summed E-state index contributed by atoms with van der Waals surface area (Å²) in [6, 6.07) is 19.4. The molecule has 2 nitrogen and oxygen atoms in total. The fourth-order valence-electron chi connectivity index (χ4n) is 3.57. The molecule has 0 radical (unpaired) electrons. The molecule has 4 rings (SSSR count). The Morgan fingerprint density at radius 2 is 1.82 bits per heavy atom. The summed E-state index contributed by atoms with van der Waals surface area (Å²) >= 11 is 1.79. The molecule has 1 aliphatic heterocycles. The van der Waals surface area contributed by atoms with E-state index in [0.717, 1.165) is 17.5 Å². The minimum Gasteiger partial charge on any atom is -0.462 e. The second kappa shape index (κ2) is 7.80. The van der Waals surface area contributed by atoms with E-state index < -0.39 is 11.8 Å². The fourth-order valence-corrected chi connectivity index (χ4v) is 4.62. The van der Waals surface area contributed by atoms with Crippen LogP contribution in [0.15, 0.2) is 70.5 Å². The SMILES string of the molecule is CCOC(=O)c1cc(F)cc(C(C)c2ccc3c(c2)Cc2ccccc2S3)c1. The molecule has 0 bridgehead atoms. The van der Waals surface area contributed by atoms with Crippen LogP contribution in [0.25, 0.3) is 0 Å². The number of esters is 1. The van der Waals surface area contributed by atoms with Gasteiger partial charge in [-0.25, -0.2) is 9.18 Å². The zero-order valence-electron chi connectivity index (χ0n) is 15.9. The third kappa shape index (κ3) is 3.69. The summed E-state index contributed by atoms with van der Waals surface area (Å²) in [5.74, 6) is -0.944. The standard InChI is InChI=1S/C24H21FO2S/c1-3-27-24(26)20-12-18(13-21(25)14-20)15(2)16-8-9-23-19(10-16)11-17-6-4-5-7-22(17)28-23/h4-10,12-15H,3,11H2,1-2H3. The lowest BCUT2D eigenvalue weighted by Crippen LogP contribution is -2.07. The molecule has 3 aromatic carbocycles. The third-order valence-electron chi connectivity index (χ3n) is 5.09. The summed E-state index contributed by atoms with van der Waals surface area (Å²) in [6.45, 7) is 4.05. The van der Waals surface area contributed by atoms with Crippen molar-refractivity contribution < 1.29 is 13.9 Å². The minimum atomic E-state index is -0.492. The second-order valence-corrected chi connectivity index (χ2v) is 8.05. The normalized spacial score (nSPS) is 13.4. The predicted molar refractivity (Wildman–Crippen MR) is 110 cm³/mol. The van der Waals surface area contributed by atoms with Gasteiger partial charge in [0.25, 0.3) is 0 Å². The van der Waals surface area contributed by atoms with Crippen LogP contribution >= 0.6 is 11.8 Å². The molecular formula is C24H21FO2S. The Morgan fingerprint density at radius 1 is 1.04 bits per heavy atom. The quantitative estimate of drug-likeness (QED) is 0.386. The van der Waals surface area contributed by atoms with E-state index in [-0.39, 0.29) is 18.1 Å². The summed E-state index contributed by atoms with van der Waals surface area (Å²) in [6.07, 6.45) is 0.899. The largest absolute Gasteiger partial charge is 0.462 e. The first kappa shape index (κ1) is 18.8. The van der Waals surface area contributed by atoms with Crippen LogP contribution in [0.4, 0.5) is 4.39 Å². The smallest absolute Gasteiger partial charge is 0.338 e. The maximum atomic E-state index is 14.1. The molecule has 28 heavy (non-hydrogen) atoms. The van der Waals surface area contributed by atoms with Crippen LogP contribution in [-0.2, 0) is 11.2 Å². The predicted octanol–water partition coefficient (Wildman–Crippen LogP) is 6.21. The van der Waals surface area contributed by atoms with Gasteiger partial charge >= 0.3 is 5.97 Å². The average Bonchev–Trinajstić information content (AvgIpc) is 2.71. The van der Waals surface area contributed by atoms with Crippen molar-refractivity contribution in [3.63, 3.8) is 0 Å². The molecule has 1 aliphatic rings. The molecule has 0 N–H and O–H groups in total. The van der Waals surface area contributed by atoms with Gasteiger partial charge in [0.05, 0.1) is 12.2 Å². The van der Waals surface area contributed by atoms with Crippen molar-refractivity contribution in [2.75, 3.05) is 6.61 Å². The maximum Gasteiger partial charge on any atom is 0.338 e. The summed E-state index contributed by atoms with van der Waals surface area (Å²) in [4.78, 5) is 14.6. The number of fused-ring (bicyclic) bond motifs is 2. The molecule has 0 saturated heterocycles. The van der Waals surface area contributed by atoms with E-state index in [1.54, 1.807) is 24.8 Å². The highest BCUT2D eigenvalue weighted by atomic mass is 32.2. The molecule has 1 heterocycles. The van der Waals surface area contributed by atoms with Gasteiger partial charge in [-0.05, 0) is 65.9 Å². The Hall–Kier alpha value is -2.59. The Morgan fingerprint density at radius 3 is 2.64 bits per heavy atom. The first-order chi connectivity index (χ1) is 13.5. The monoisotopic (exact) mass is 392 g/mol. The second-order valence-electron chi connectivity index (χ2n) is 6.97. The Kier molecular flexibility index (Phi) is 5.23. The van der Waals surface area contributed by atoms with E-state index in [0.29, 0.717) is 0 Å². The number of ether oxygens (including phenoxy) is 1. The molecule has 142 valence electrons. The highest BCUT2D eigenvalue weighted by molar-refractivity contribution is 7.99. The first-order valence-electron chi connectivity index (χ1n) is 9.41. The molecule has 0 fully saturated rings. The molecular weight excluding hydrogens is 371 g/mol. The van der Waals surface area contributed by atoms with Crippen molar-refractivity contribution in [2.45, 2.75) is 36.0 Å². The van der Waals surface area contributed by atoms with Crippen LogP contribution in [0.2, 0.25) is 0 Å². The van der Waals surface area contributed by atoms with Gasteiger partial charge in [-0.2, -0.15) is 0 Å². The van der Waals surface area contributed by atoms with Crippen LogP contribution in [0.3, 0.4) is 0 Å². The van der Waals surface area contributed by atoms with Crippen molar-refractivity contribution in [1.82, 2.24) is 0 Å². The number of carbonyl (C=O) groups excluding carboxylic acids is 1. The Labute approximate surface area is 168 Å². The van der Waals surface area contributed by atoms with E-state index in [2.05, 4.69) is 42.5 Å². The van der Waals surface area contributed by atoms with Crippen molar-refractivity contribution in [3.05, 3.63) is 94.3 Å². The number of halogens is 1. The molecule has 1 unspecified atom stereocenters. The summed E-state index contributed by atoms with van der Waals surface area (Å²) < 4.78 is 19.2. The van der Waals surface area contributed by atoms with Gasteiger partial charge in [0.1, 0.15) is 5.82 Å². The Balaban J connectivity index is 1.65. The van der Waals surface area contributed by atoms with Crippen LogP contribution in [0, 0.1) is 5.82 Å². The van der Waals surface area contributed by atoms with E-state index >= 15 is 0 Å². The zero-order valence-corrected chi connectivity index (χ0v) is 16.7. The lowest BCUT2D eigenvalue weighted by Gasteiger charge is -2.21. The van der Waals surface area contributed by atoms with Crippen molar-refractivity contribution in [3.8, 4) is 0 Å². The molecule has 3 aromatic rings. The minimum absolute atomic E-state index is 0.0312. The van der Waals surface area contributed by atoms with Crippen molar-refractivity contribution >= 4 is 17.7 Å². The fraction of sp³-hybridized carbons (Fsp3) is 0.208. The number of rotatable bonds is 4. The molecule has 0 aromatic heterocycles. The van der Waals surface area contributed by atoms with Gasteiger partial charge in [0.2, 0.25) is 0 Å².